The third-order valence-electron chi connectivity index (χ3n) is 3.07. The molecule has 1 aliphatic rings. The van der Waals surface area contributed by atoms with E-state index in [4.69, 9.17) is 0 Å². The zero-order chi connectivity index (χ0) is 13.0. The summed E-state index contributed by atoms with van der Waals surface area (Å²) in [5.74, 6) is -0.312. The van der Waals surface area contributed by atoms with Crippen LogP contribution in [0.3, 0.4) is 0 Å². The maximum atomic E-state index is 11.9. The SMILES string of the molecule is CCN1CCN(C(=O)NC(=O)c2cccs2)CC1. The van der Waals surface area contributed by atoms with Crippen molar-refractivity contribution >= 4 is 23.3 Å². The maximum Gasteiger partial charge on any atom is 0.324 e. The van der Waals surface area contributed by atoms with Gasteiger partial charge >= 0.3 is 6.03 Å². The van der Waals surface area contributed by atoms with Crippen molar-refractivity contribution in [2.75, 3.05) is 32.7 Å². The second-order valence-electron chi connectivity index (χ2n) is 4.16. The van der Waals surface area contributed by atoms with Crippen molar-refractivity contribution in [3.05, 3.63) is 22.4 Å². The predicted molar refractivity (Wildman–Crippen MR) is 70.9 cm³/mol. The molecule has 98 valence electrons. The number of rotatable bonds is 2. The zero-order valence-corrected chi connectivity index (χ0v) is 11.2. The molecule has 1 aromatic heterocycles. The Morgan fingerprint density at radius 3 is 2.61 bits per heavy atom. The Morgan fingerprint density at radius 2 is 2.06 bits per heavy atom. The zero-order valence-electron chi connectivity index (χ0n) is 10.4. The number of carbonyl (C=O) groups excluding carboxylic acids is 2. The molecule has 6 heteroatoms. The molecular formula is C12H17N3O2S. The highest BCUT2D eigenvalue weighted by atomic mass is 32.1. The van der Waals surface area contributed by atoms with Gasteiger partial charge < -0.3 is 9.80 Å². The van der Waals surface area contributed by atoms with E-state index >= 15 is 0 Å². The lowest BCUT2D eigenvalue weighted by atomic mass is 10.3. The Labute approximate surface area is 110 Å². The topological polar surface area (TPSA) is 52.6 Å². The molecule has 0 atom stereocenters. The summed E-state index contributed by atoms with van der Waals surface area (Å²) in [4.78, 5) is 28.1. The molecule has 1 saturated heterocycles. The number of nitrogens with zero attached hydrogens (tertiary/aromatic N) is 2. The molecule has 0 unspecified atom stereocenters. The van der Waals surface area contributed by atoms with Crippen LogP contribution in [0.25, 0.3) is 0 Å². The first-order valence-corrected chi connectivity index (χ1v) is 6.94. The van der Waals surface area contributed by atoms with Crippen LogP contribution in [0.5, 0.6) is 0 Å². The van der Waals surface area contributed by atoms with Crippen molar-refractivity contribution in [1.29, 1.82) is 0 Å². The molecule has 2 rings (SSSR count). The summed E-state index contributed by atoms with van der Waals surface area (Å²) in [5.41, 5.74) is 0. The summed E-state index contributed by atoms with van der Waals surface area (Å²) in [6.07, 6.45) is 0. The molecular weight excluding hydrogens is 250 g/mol. The fraction of sp³-hybridized carbons (Fsp3) is 0.500. The van der Waals surface area contributed by atoms with Crippen LogP contribution in [0.15, 0.2) is 17.5 Å². The average Bonchev–Trinajstić information content (AvgIpc) is 2.92. The molecule has 3 amide bonds. The van der Waals surface area contributed by atoms with E-state index in [1.54, 1.807) is 17.0 Å². The Hall–Kier alpha value is -1.40. The van der Waals surface area contributed by atoms with E-state index in [1.165, 1.54) is 11.3 Å². The van der Waals surface area contributed by atoms with Gasteiger partial charge in [-0.1, -0.05) is 13.0 Å². The molecule has 1 N–H and O–H groups in total. The second kappa shape index (κ2) is 5.97. The lowest BCUT2D eigenvalue weighted by Gasteiger charge is -2.33. The van der Waals surface area contributed by atoms with Gasteiger partial charge in [-0.25, -0.2) is 4.79 Å². The number of carbonyl (C=O) groups is 2. The largest absolute Gasteiger partial charge is 0.324 e. The number of urea groups is 1. The molecule has 1 aliphatic heterocycles. The van der Waals surface area contributed by atoms with Gasteiger partial charge in [0.1, 0.15) is 0 Å². The summed E-state index contributed by atoms with van der Waals surface area (Å²) in [6.45, 7) is 6.21. The van der Waals surface area contributed by atoms with E-state index in [-0.39, 0.29) is 11.9 Å². The van der Waals surface area contributed by atoms with Crippen LogP contribution in [0.2, 0.25) is 0 Å². The minimum atomic E-state index is -0.312. The molecule has 0 aromatic carbocycles. The van der Waals surface area contributed by atoms with Gasteiger partial charge in [0.25, 0.3) is 5.91 Å². The molecule has 1 fully saturated rings. The number of piperazine rings is 1. The van der Waals surface area contributed by atoms with Crippen molar-refractivity contribution in [3.63, 3.8) is 0 Å². The molecule has 1 aromatic rings. The number of likely N-dealkylation sites (N-methyl/N-ethyl adjacent to an activating group) is 1. The fourth-order valence-electron chi connectivity index (χ4n) is 1.91. The number of amides is 3. The van der Waals surface area contributed by atoms with Crippen LogP contribution in [0.1, 0.15) is 16.6 Å². The first-order valence-electron chi connectivity index (χ1n) is 6.07. The number of nitrogens with one attached hydrogen (secondary N) is 1. The van der Waals surface area contributed by atoms with E-state index in [2.05, 4.69) is 17.1 Å². The lowest BCUT2D eigenvalue weighted by Crippen LogP contribution is -2.52. The minimum Gasteiger partial charge on any atom is -0.322 e. The molecule has 0 bridgehead atoms. The molecule has 18 heavy (non-hydrogen) atoms. The lowest BCUT2D eigenvalue weighted by molar-refractivity contribution is 0.0940. The van der Waals surface area contributed by atoms with E-state index in [1.807, 2.05) is 5.38 Å². The summed E-state index contributed by atoms with van der Waals surface area (Å²) in [7, 11) is 0. The summed E-state index contributed by atoms with van der Waals surface area (Å²) in [6, 6.07) is 3.22. The highest BCUT2D eigenvalue weighted by molar-refractivity contribution is 7.12. The molecule has 0 aliphatic carbocycles. The third kappa shape index (κ3) is 3.08. The number of hydrogen-bond acceptors (Lipinski definition) is 4. The van der Waals surface area contributed by atoms with Crippen molar-refractivity contribution in [2.24, 2.45) is 0 Å². The van der Waals surface area contributed by atoms with Gasteiger partial charge in [0.05, 0.1) is 4.88 Å². The van der Waals surface area contributed by atoms with Crippen molar-refractivity contribution in [1.82, 2.24) is 15.1 Å². The highest BCUT2D eigenvalue weighted by Crippen LogP contribution is 2.08. The number of thiophene rings is 1. The maximum absolute atomic E-state index is 11.9. The number of hydrogen-bond donors (Lipinski definition) is 1. The predicted octanol–water partition coefficient (Wildman–Crippen LogP) is 1.24. The Bertz CT molecular complexity index is 411. The van der Waals surface area contributed by atoms with E-state index < -0.39 is 0 Å². The molecule has 0 radical (unpaired) electrons. The van der Waals surface area contributed by atoms with Gasteiger partial charge in [-0.05, 0) is 18.0 Å². The first-order chi connectivity index (χ1) is 8.70. The number of imide groups is 1. The molecule has 2 heterocycles. The van der Waals surface area contributed by atoms with Gasteiger partial charge in [-0.15, -0.1) is 11.3 Å². The monoisotopic (exact) mass is 267 g/mol. The summed E-state index contributed by atoms with van der Waals surface area (Å²) >= 11 is 1.33. The minimum absolute atomic E-state index is 0.288. The smallest absolute Gasteiger partial charge is 0.322 e. The van der Waals surface area contributed by atoms with Crippen molar-refractivity contribution < 1.29 is 9.59 Å². The van der Waals surface area contributed by atoms with E-state index in [0.717, 1.165) is 19.6 Å². The Balaban J connectivity index is 1.84. The normalized spacial score (nSPS) is 16.6. The summed E-state index contributed by atoms with van der Waals surface area (Å²) < 4.78 is 0. The van der Waals surface area contributed by atoms with Crippen molar-refractivity contribution in [2.45, 2.75) is 6.92 Å². The van der Waals surface area contributed by atoms with Gasteiger partial charge in [-0.3, -0.25) is 10.1 Å². The van der Waals surface area contributed by atoms with Crippen LogP contribution < -0.4 is 5.32 Å². The summed E-state index contributed by atoms with van der Waals surface area (Å²) in [5, 5.41) is 4.24. The standard InChI is InChI=1S/C12H17N3O2S/c1-2-14-5-7-15(8-6-14)12(17)13-11(16)10-4-3-9-18-10/h3-4,9H,2,5-8H2,1H3,(H,13,16,17). The van der Waals surface area contributed by atoms with Crippen LogP contribution in [0.4, 0.5) is 4.79 Å². The van der Waals surface area contributed by atoms with Gasteiger partial charge in [0.15, 0.2) is 0 Å². The molecule has 0 spiro atoms. The van der Waals surface area contributed by atoms with Crippen LogP contribution >= 0.6 is 11.3 Å². The Kier molecular flexibility index (Phi) is 4.33. The second-order valence-corrected chi connectivity index (χ2v) is 5.11. The third-order valence-corrected chi connectivity index (χ3v) is 3.94. The van der Waals surface area contributed by atoms with Gasteiger partial charge in [-0.2, -0.15) is 0 Å². The molecule has 0 saturated carbocycles. The first kappa shape index (κ1) is 13.0. The van der Waals surface area contributed by atoms with Crippen molar-refractivity contribution in [3.8, 4) is 0 Å². The van der Waals surface area contributed by atoms with E-state index in [9.17, 15) is 9.59 Å². The highest BCUT2D eigenvalue weighted by Gasteiger charge is 2.22. The van der Waals surface area contributed by atoms with Crippen LogP contribution in [-0.2, 0) is 0 Å². The van der Waals surface area contributed by atoms with Gasteiger partial charge in [0.2, 0.25) is 0 Å². The molecule has 5 nitrogen and oxygen atoms in total. The average molecular weight is 267 g/mol. The quantitative estimate of drug-likeness (QED) is 0.877. The van der Waals surface area contributed by atoms with Crippen LogP contribution in [0, 0.1) is 0 Å². The Morgan fingerprint density at radius 1 is 1.33 bits per heavy atom. The fourth-order valence-corrected chi connectivity index (χ4v) is 2.53. The van der Waals surface area contributed by atoms with Gasteiger partial charge in [0, 0.05) is 26.2 Å². The van der Waals surface area contributed by atoms with Crippen LogP contribution in [-0.4, -0.2) is 54.5 Å². The van der Waals surface area contributed by atoms with E-state index in [0.29, 0.717) is 18.0 Å².